The monoisotopic (exact) mass is 524 g/mol. The van der Waals surface area contributed by atoms with Gasteiger partial charge in [0.1, 0.15) is 11.9 Å². The smallest absolute Gasteiger partial charge is 0.368 e. The van der Waals surface area contributed by atoms with Gasteiger partial charge in [-0.1, -0.05) is 12.1 Å². The summed E-state index contributed by atoms with van der Waals surface area (Å²) in [6, 6.07) is 6.89. The first-order valence-electron chi connectivity index (χ1n) is 11.5. The first-order valence-corrected chi connectivity index (χ1v) is 13.4. The Bertz CT molecular complexity index is 1370. The molecule has 4 atom stereocenters. The van der Waals surface area contributed by atoms with Crippen molar-refractivity contribution in [2.45, 2.75) is 54.3 Å². The van der Waals surface area contributed by atoms with E-state index in [0.717, 1.165) is 18.4 Å². The van der Waals surface area contributed by atoms with Crippen LogP contribution in [0.2, 0.25) is 0 Å². The molecule has 192 valence electrons. The number of nitrogens with zero attached hydrogens (tertiary/aromatic N) is 1. The Labute approximate surface area is 205 Å². The lowest BCUT2D eigenvalue weighted by Gasteiger charge is -2.39. The quantitative estimate of drug-likeness (QED) is 0.580. The molecular weight excluding hydrogens is 500 g/mol. The van der Waals surface area contributed by atoms with E-state index in [4.69, 9.17) is 5.73 Å². The lowest BCUT2D eigenvalue weighted by molar-refractivity contribution is -0.137. The predicted octanol–water partition coefficient (Wildman–Crippen LogP) is 3.90. The molecule has 0 aromatic heterocycles. The number of fused-ring (bicyclic) bond motifs is 1. The third-order valence-electron chi connectivity index (χ3n) is 7.74. The van der Waals surface area contributed by atoms with Crippen LogP contribution in [-0.4, -0.2) is 43.0 Å². The summed E-state index contributed by atoms with van der Waals surface area (Å²) >= 11 is 0. The number of piperidine rings is 1. The third-order valence-corrected chi connectivity index (χ3v) is 8.85. The van der Waals surface area contributed by atoms with Crippen LogP contribution in [0.3, 0.4) is 0 Å². The molecule has 2 aliphatic carbocycles. The van der Waals surface area contributed by atoms with Crippen LogP contribution < -0.4 is 5.73 Å². The lowest BCUT2D eigenvalue weighted by Crippen LogP contribution is -2.53. The zero-order chi connectivity index (χ0) is 26.2. The zero-order valence-electron chi connectivity index (χ0n) is 19.3. The van der Waals surface area contributed by atoms with Gasteiger partial charge in [-0.25, -0.2) is 12.8 Å². The maximum absolute atomic E-state index is 15.2. The van der Waals surface area contributed by atoms with E-state index >= 15 is 4.39 Å². The Hall–Kier alpha value is -2.95. The van der Waals surface area contributed by atoms with Gasteiger partial charge in [0.05, 0.1) is 16.0 Å². The van der Waals surface area contributed by atoms with Gasteiger partial charge in [-0.3, -0.25) is 9.59 Å². The summed E-state index contributed by atoms with van der Waals surface area (Å²) in [6.07, 6.45) is -1.55. The average Bonchev–Trinajstić information content (AvgIpc) is 3.71. The highest BCUT2D eigenvalue weighted by Crippen LogP contribution is 2.69. The van der Waals surface area contributed by atoms with Crippen molar-refractivity contribution in [3.05, 3.63) is 65.0 Å². The highest BCUT2D eigenvalue weighted by atomic mass is 32.2. The molecule has 0 spiro atoms. The van der Waals surface area contributed by atoms with Crippen molar-refractivity contribution in [1.82, 2.24) is 4.90 Å². The van der Waals surface area contributed by atoms with Crippen molar-refractivity contribution in [2.24, 2.45) is 17.6 Å². The maximum atomic E-state index is 15.2. The van der Waals surface area contributed by atoms with E-state index < -0.39 is 56.7 Å². The molecule has 2 aromatic carbocycles. The van der Waals surface area contributed by atoms with Crippen LogP contribution in [-0.2, 0) is 20.8 Å². The number of primary amides is 1. The molecule has 5 rings (SSSR count). The SMILES string of the molecule is CS(=O)(=O)c1cccc(C(=O)N2C(C(N)=O)CC3CC32[C@@H](c2ccc(C(F)(F)F)cc2F)C2CC2)c1. The molecule has 1 saturated heterocycles. The molecule has 6 nitrogen and oxygen atoms in total. The van der Waals surface area contributed by atoms with E-state index in [1.807, 2.05) is 0 Å². The fourth-order valence-corrected chi connectivity index (χ4v) is 6.67. The zero-order valence-corrected chi connectivity index (χ0v) is 20.1. The second-order valence-corrected chi connectivity index (χ2v) is 12.1. The van der Waals surface area contributed by atoms with Crippen LogP contribution in [0.25, 0.3) is 0 Å². The number of carbonyl (C=O) groups excluding carboxylic acids is 2. The molecule has 3 aliphatic rings. The van der Waals surface area contributed by atoms with E-state index in [2.05, 4.69) is 0 Å². The average molecular weight is 525 g/mol. The van der Waals surface area contributed by atoms with Gasteiger partial charge in [0.25, 0.3) is 5.91 Å². The van der Waals surface area contributed by atoms with E-state index in [1.54, 1.807) is 0 Å². The van der Waals surface area contributed by atoms with Gasteiger partial charge in [-0.2, -0.15) is 13.2 Å². The third kappa shape index (κ3) is 3.97. The van der Waals surface area contributed by atoms with Crippen molar-refractivity contribution in [3.63, 3.8) is 0 Å². The molecular formula is C25H24F4N2O4S. The van der Waals surface area contributed by atoms with Crippen molar-refractivity contribution in [3.8, 4) is 0 Å². The number of amides is 2. The molecule has 2 saturated carbocycles. The Balaban J connectivity index is 1.60. The minimum absolute atomic E-state index is 0.0403. The summed E-state index contributed by atoms with van der Waals surface area (Å²) in [6.45, 7) is 0. The van der Waals surface area contributed by atoms with Crippen molar-refractivity contribution in [1.29, 1.82) is 0 Å². The van der Waals surface area contributed by atoms with Crippen LogP contribution in [0.5, 0.6) is 0 Å². The minimum atomic E-state index is -4.70. The van der Waals surface area contributed by atoms with E-state index in [1.165, 1.54) is 29.2 Å². The number of hydrogen-bond donors (Lipinski definition) is 1. The number of hydrogen-bond acceptors (Lipinski definition) is 4. The van der Waals surface area contributed by atoms with Crippen LogP contribution >= 0.6 is 0 Å². The molecule has 0 bridgehead atoms. The summed E-state index contributed by atoms with van der Waals surface area (Å²) in [5.74, 6) is -3.21. The fourth-order valence-electron chi connectivity index (χ4n) is 6.00. The van der Waals surface area contributed by atoms with Crippen molar-refractivity contribution in [2.75, 3.05) is 6.26 Å². The first kappa shape index (κ1) is 24.7. The number of sulfone groups is 1. The van der Waals surface area contributed by atoms with Gasteiger partial charge < -0.3 is 10.6 Å². The Morgan fingerprint density at radius 3 is 2.39 bits per heavy atom. The second-order valence-electron chi connectivity index (χ2n) is 10.1. The Morgan fingerprint density at radius 2 is 1.83 bits per heavy atom. The highest BCUT2D eigenvalue weighted by molar-refractivity contribution is 7.90. The van der Waals surface area contributed by atoms with Crippen LogP contribution in [0.4, 0.5) is 17.6 Å². The number of benzene rings is 2. The first-order chi connectivity index (χ1) is 16.7. The summed E-state index contributed by atoms with van der Waals surface area (Å²) in [5.41, 5.74) is 3.68. The van der Waals surface area contributed by atoms with Crippen molar-refractivity contribution >= 4 is 21.7 Å². The normalized spacial score (nSPS) is 26.4. The number of rotatable bonds is 6. The van der Waals surface area contributed by atoms with Crippen molar-refractivity contribution < 1.29 is 35.6 Å². The molecule has 2 N–H and O–H groups in total. The van der Waals surface area contributed by atoms with Crippen LogP contribution in [0.15, 0.2) is 47.4 Å². The number of nitrogens with two attached hydrogens (primary N) is 1. The summed E-state index contributed by atoms with van der Waals surface area (Å²) in [7, 11) is -3.62. The minimum Gasteiger partial charge on any atom is -0.368 e. The van der Waals surface area contributed by atoms with Gasteiger partial charge in [0.15, 0.2) is 9.84 Å². The lowest BCUT2D eigenvalue weighted by atomic mass is 9.82. The van der Waals surface area contributed by atoms with Crippen LogP contribution in [0.1, 0.15) is 53.1 Å². The van der Waals surface area contributed by atoms with Crippen LogP contribution in [0, 0.1) is 17.7 Å². The number of carbonyl (C=O) groups is 2. The molecule has 1 aliphatic heterocycles. The standard InChI is InChI=1S/C25H24F4N2O4S/c1-36(34,35)17-4-2-3-14(9-17)23(33)31-20(22(30)32)11-16-12-24(16,31)21(13-5-6-13)18-8-7-15(10-19(18)26)25(27,28)29/h2-4,7-10,13,16,20-21H,5-6,11-12H2,1H3,(H2,30,32)/t16?,20?,21-,24?/m1/s1. The molecule has 2 aromatic rings. The topological polar surface area (TPSA) is 97.5 Å². The maximum Gasteiger partial charge on any atom is 0.416 e. The van der Waals surface area contributed by atoms with Gasteiger partial charge in [-0.05, 0) is 73.4 Å². The van der Waals surface area contributed by atoms with E-state index in [0.29, 0.717) is 25.3 Å². The largest absolute Gasteiger partial charge is 0.416 e. The molecule has 1 heterocycles. The van der Waals surface area contributed by atoms with Gasteiger partial charge in [0.2, 0.25) is 5.91 Å². The molecule has 11 heteroatoms. The highest BCUT2D eigenvalue weighted by Gasteiger charge is 2.73. The molecule has 2 amide bonds. The fraction of sp³-hybridized carbons (Fsp3) is 0.440. The number of alkyl halides is 3. The number of likely N-dealkylation sites (tertiary alicyclic amines) is 1. The molecule has 3 fully saturated rings. The number of halogens is 4. The predicted molar refractivity (Wildman–Crippen MR) is 121 cm³/mol. The van der Waals surface area contributed by atoms with Gasteiger partial charge >= 0.3 is 6.18 Å². The van der Waals surface area contributed by atoms with E-state index in [9.17, 15) is 31.2 Å². The molecule has 3 unspecified atom stereocenters. The van der Waals surface area contributed by atoms with Gasteiger partial charge in [0, 0.05) is 17.7 Å². The van der Waals surface area contributed by atoms with Gasteiger partial charge in [-0.15, -0.1) is 0 Å². The Kier molecular flexibility index (Phi) is 5.51. The Morgan fingerprint density at radius 1 is 1.14 bits per heavy atom. The summed E-state index contributed by atoms with van der Waals surface area (Å²) in [5, 5.41) is 0. The summed E-state index contributed by atoms with van der Waals surface area (Å²) < 4.78 is 78.7. The van der Waals surface area contributed by atoms with E-state index in [-0.39, 0.29) is 34.3 Å². The molecule has 36 heavy (non-hydrogen) atoms. The molecule has 0 radical (unpaired) electrons. The summed E-state index contributed by atoms with van der Waals surface area (Å²) in [4.78, 5) is 27.5. The second kappa shape index (κ2) is 8.03.